The van der Waals surface area contributed by atoms with Crippen molar-refractivity contribution in [3.8, 4) is 0 Å². The first-order valence-electron chi connectivity index (χ1n) is 1.70. The van der Waals surface area contributed by atoms with Crippen LogP contribution in [0.1, 0.15) is 6.92 Å². The van der Waals surface area contributed by atoms with Crippen molar-refractivity contribution in [1.82, 2.24) is 0 Å². The van der Waals surface area contributed by atoms with E-state index >= 15 is 0 Å². The fraction of sp³-hybridized carbons (Fsp3) is 0.250. The van der Waals surface area contributed by atoms with Crippen LogP contribution in [-0.4, -0.2) is 38.4 Å². The van der Waals surface area contributed by atoms with Gasteiger partial charge in [-0.3, -0.25) is 0 Å². The molecule has 0 fully saturated rings. The van der Waals surface area contributed by atoms with Gasteiger partial charge in [0, 0.05) is 5.57 Å². The summed E-state index contributed by atoms with van der Waals surface area (Å²) in [4.78, 5) is 9.60. The molecule has 46 valence electrons. The van der Waals surface area contributed by atoms with E-state index in [9.17, 15) is 4.79 Å². The summed E-state index contributed by atoms with van der Waals surface area (Å²) in [5.74, 6) is -0.935. The Labute approximate surface area is 62.5 Å². The molecule has 0 atom stereocenters. The van der Waals surface area contributed by atoms with Crippen LogP contribution in [0, 0.1) is 0 Å². The molecule has 0 amide bonds. The Morgan fingerprint density at radius 1 is 1.62 bits per heavy atom. The van der Waals surface area contributed by atoms with Crippen molar-refractivity contribution < 1.29 is 9.90 Å². The third-order valence-electron chi connectivity index (χ3n) is 0.365. The third-order valence-corrected chi connectivity index (χ3v) is 0.365. The fourth-order valence-electron chi connectivity index (χ4n) is 0. The van der Waals surface area contributed by atoms with E-state index in [1.54, 1.807) is 0 Å². The summed E-state index contributed by atoms with van der Waals surface area (Å²) in [7, 11) is 0. The van der Waals surface area contributed by atoms with Gasteiger partial charge in [-0.2, -0.15) is 0 Å². The number of carboxylic acid groups (broad SMARTS) is 1. The predicted molar refractivity (Wildman–Crippen MR) is 34.0 cm³/mol. The van der Waals surface area contributed by atoms with Crippen molar-refractivity contribution in [3.63, 3.8) is 0 Å². The zero-order valence-electron chi connectivity index (χ0n) is 4.38. The second kappa shape index (κ2) is 7.25. The van der Waals surface area contributed by atoms with Crippen molar-refractivity contribution >= 4 is 33.3 Å². The first-order chi connectivity index (χ1) is 3.64. The molecule has 0 unspecified atom stereocenters. The Balaban J connectivity index is 0. The Kier molecular flexibility index (Phi) is 10.1. The SMILES string of the molecule is C=C(C)C(=O)O.[Se]=[Se]. The van der Waals surface area contributed by atoms with Gasteiger partial charge in [-0.15, -0.1) is 0 Å². The van der Waals surface area contributed by atoms with Gasteiger partial charge in [-0.1, -0.05) is 6.58 Å². The minimum atomic E-state index is -0.935. The van der Waals surface area contributed by atoms with Gasteiger partial charge in [-0.25, -0.2) is 4.79 Å². The second-order valence-corrected chi connectivity index (χ2v) is 1.09. The van der Waals surface area contributed by atoms with Crippen LogP contribution in [0.5, 0.6) is 0 Å². The van der Waals surface area contributed by atoms with E-state index < -0.39 is 5.97 Å². The molecule has 0 saturated carbocycles. The van der Waals surface area contributed by atoms with Crippen LogP contribution in [0.25, 0.3) is 0 Å². The molecule has 1 N–H and O–H groups in total. The molecule has 8 heavy (non-hydrogen) atoms. The zero-order chi connectivity index (χ0) is 7.15. The normalized spacial score (nSPS) is 6.12. The van der Waals surface area contributed by atoms with E-state index in [-0.39, 0.29) is 5.57 Å². The molecule has 4 heteroatoms. The molecule has 0 spiro atoms. The average molecular weight is 244 g/mol. The molecule has 0 aromatic carbocycles. The Morgan fingerprint density at radius 3 is 1.75 bits per heavy atom. The average Bonchev–Trinajstić information content (AvgIpc) is 1.72. The number of aliphatic carboxylic acids is 1. The van der Waals surface area contributed by atoms with Gasteiger partial charge in [0.2, 0.25) is 0 Å². The van der Waals surface area contributed by atoms with Gasteiger partial charge in [0.15, 0.2) is 0 Å². The number of rotatable bonds is 1. The Morgan fingerprint density at radius 2 is 1.75 bits per heavy atom. The predicted octanol–water partition coefficient (Wildman–Crippen LogP) is -0.115. The molecule has 0 heterocycles. The molecular weight excluding hydrogens is 238 g/mol. The summed E-state index contributed by atoms with van der Waals surface area (Å²) in [6.45, 7) is 4.60. The van der Waals surface area contributed by atoms with Gasteiger partial charge >= 0.3 is 33.3 Å². The molecule has 0 aromatic rings. The first kappa shape index (κ1) is 11.1. The number of carboxylic acids is 1. The van der Waals surface area contributed by atoms with Gasteiger partial charge in [0.1, 0.15) is 0 Å². The summed E-state index contributed by atoms with van der Waals surface area (Å²) >= 11 is 5.00. The zero-order valence-corrected chi connectivity index (χ0v) is 7.81. The van der Waals surface area contributed by atoms with Crippen molar-refractivity contribution in [1.29, 1.82) is 0 Å². The molecule has 0 radical (unpaired) electrons. The summed E-state index contributed by atoms with van der Waals surface area (Å²) in [5.41, 5.74) is 0.176. The van der Waals surface area contributed by atoms with E-state index in [1.165, 1.54) is 6.92 Å². The van der Waals surface area contributed by atoms with Crippen LogP contribution in [0.15, 0.2) is 12.2 Å². The maximum absolute atomic E-state index is 9.60. The molecule has 0 aliphatic carbocycles. The molecular formula is C4H6O2Se2. The summed E-state index contributed by atoms with van der Waals surface area (Å²) in [6, 6.07) is 0. The van der Waals surface area contributed by atoms with E-state index in [1.807, 2.05) is 0 Å². The van der Waals surface area contributed by atoms with Crippen molar-refractivity contribution in [2.24, 2.45) is 0 Å². The van der Waals surface area contributed by atoms with Gasteiger partial charge < -0.3 is 5.11 Å². The van der Waals surface area contributed by atoms with Gasteiger partial charge in [0.25, 0.3) is 0 Å². The summed E-state index contributed by atoms with van der Waals surface area (Å²) < 4.78 is 0. The second-order valence-electron chi connectivity index (χ2n) is 1.09. The Hall–Kier alpha value is 0.249. The van der Waals surface area contributed by atoms with Crippen LogP contribution in [0.3, 0.4) is 0 Å². The maximum atomic E-state index is 9.60. The third kappa shape index (κ3) is 9.54. The van der Waals surface area contributed by atoms with Crippen molar-refractivity contribution in [2.75, 3.05) is 0 Å². The summed E-state index contributed by atoms with van der Waals surface area (Å²) in [6.07, 6.45) is 0. The van der Waals surface area contributed by atoms with E-state index in [0.29, 0.717) is 0 Å². The quantitative estimate of drug-likeness (QED) is 0.516. The molecule has 0 aromatic heterocycles. The fourth-order valence-corrected chi connectivity index (χ4v) is 0. The molecule has 0 aliphatic rings. The van der Waals surface area contributed by atoms with E-state index in [0.717, 1.165) is 0 Å². The number of hydrogen-bond donors (Lipinski definition) is 1. The van der Waals surface area contributed by atoms with Crippen molar-refractivity contribution in [2.45, 2.75) is 6.92 Å². The molecule has 0 saturated heterocycles. The van der Waals surface area contributed by atoms with E-state index in [4.69, 9.17) is 5.11 Å². The number of carbonyl (C=O) groups is 1. The first-order valence-corrected chi connectivity index (χ1v) is 6.03. The van der Waals surface area contributed by atoms with E-state index in [2.05, 4.69) is 33.9 Å². The van der Waals surface area contributed by atoms with Crippen molar-refractivity contribution in [3.05, 3.63) is 12.2 Å². The van der Waals surface area contributed by atoms with Crippen LogP contribution in [0.4, 0.5) is 0 Å². The summed E-state index contributed by atoms with van der Waals surface area (Å²) in [5, 5.41) is 7.89. The Bertz CT molecular complexity index is 88.2. The monoisotopic (exact) mass is 246 g/mol. The minimum absolute atomic E-state index is 0.176. The molecule has 2 nitrogen and oxygen atoms in total. The van der Waals surface area contributed by atoms with Crippen LogP contribution < -0.4 is 0 Å². The van der Waals surface area contributed by atoms with Crippen LogP contribution >= 0.6 is 0 Å². The van der Waals surface area contributed by atoms with Crippen LogP contribution in [0.2, 0.25) is 0 Å². The van der Waals surface area contributed by atoms with Gasteiger partial charge in [0.05, 0.1) is 0 Å². The van der Waals surface area contributed by atoms with Crippen LogP contribution in [-0.2, 0) is 4.79 Å². The molecule has 0 bridgehead atoms. The standard InChI is InChI=1S/C4H6O2.Se2/c1-3(2)4(5)6;1-2/h1H2,2H3,(H,5,6);. The topological polar surface area (TPSA) is 37.3 Å². The number of hydrogen-bond acceptors (Lipinski definition) is 1. The molecule has 0 rings (SSSR count). The van der Waals surface area contributed by atoms with Gasteiger partial charge in [-0.05, 0) is 6.92 Å². The molecule has 0 aliphatic heterocycles.